The maximum atomic E-state index is 3.50. The van der Waals surface area contributed by atoms with Crippen LogP contribution in [0.25, 0.3) is 0 Å². The summed E-state index contributed by atoms with van der Waals surface area (Å²) in [6.07, 6.45) is 2.63. The van der Waals surface area contributed by atoms with Crippen LogP contribution in [0, 0.1) is 5.92 Å². The van der Waals surface area contributed by atoms with E-state index in [1.165, 1.54) is 19.4 Å². The van der Waals surface area contributed by atoms with Crippen molar-refractivity contribution in [2.24, 2.45) is 5.92 Å². The number of rotatable bonds is 3. The van der Waals surface area contributed by atoms with Crippen molar-refractivity contribution in [3.05, 3.63) is 0 Å². The van der Waals surface area contributed by atoms with E-state index in [0.717, 1.165) is 18.5 Å². The van der Waals surface area contributed by atoms with Crippen molar-refractivity contribution >= 4 is 0 Å². The first kappa shape index (κ1) is 8.02. The maximum Gasteiger partial charge on any atom is 0.0105 e. The Balaban J connectivity index is 2.14. The van der Waals surface area contributed by atoms with E-state index in [4.69, 9.17) is 0 Å². The summed E-state index contributed by atoms with van der Waals surface area (Å²) < 4.78 is 0. The molecule has 2 nitrogen and oxygen atoms in total. The van der Waals surface area contributed by atoms with Gasteiger partial charge in [-0.1, -0.05) is 6.92 Å². The van der Waals surface area contributed by atoms with Gasteiger partial charge >= 0.3 is 0 Å². The third kappa shape index (κ3) is 1.96. The first-order chi connectivity index (χ1) is 4.84. The second-order valence-electron chi connectivity index (χ2n) is 3.22. The first-order valence-electron chi connectivity index (χ1n) is 4.22. The molecule has 1 aliphatic rings. The van der Waals surface area contributed by atoms with Crippen LogP contribution in [-0.2, 0) is 0 Å². The number of nitrogens with one attached hydrogen (secondary N) is 2. The summed E-state index contributed by atoms with van der Waals surface area (Å²) >= 11 is 0. The quantitative estimate of drug-likeness (QED) is 0.603. The highest BCUT2D eigenvalue weighted by Gasteiger charge is 2.21. The van der Waals surface area contributed by atoms with Gasteiger partial charge in [0, 0.05) is 6.04 Å². The van der Waals surface area contributed by atoms with E-state index < -0.39 is 0 Å². The van der Waals surface area contributed by atoms with Crippen LogP contribution in [0.2, 0.25) is 0 Å². The highest BCUT2D eigenvalue weighted by atomic mass is 15.0. The van der Waals surface area contributed by atoms with Crippen molar-refractivity contribution in [3.63, 3.8) is 0 Å². The molecule has 0 aromatic heterocycles. The van der Waals surface area contributed by atoms with Crippen molar-refractivity contribution < 1.29 is 0 Å². The van der Waals surface area contributed by atoms with Gasteiger partial charge in [-0.2, -0.15) is 0 Å². The molecular weight excluding hydrogens is 124 g/mol. The largest absolute Gasteiger partial charge is 0.320 e. The first-order valence-corrected chi connectivity index (χ1v) is 4.22. The van der Waals surface area contributed by atoms with Gasteiger partial charge in [-0.05, 0) is 38.9 Å². The smallest absolute Gasteiger partial charge is 0.0105 e. The lowest BCUT2D eigenvalue weighted by atomic mass is 10.0. The molecule has 1 fully saturated rings. The summed E-state index contributed by atoms with van der Waals surface area (Å²) in [7, 11) is 2.01. The zero-order chi connectivity index (χ0) is 7.40. The van der Waals surface area contributed by atoms with Crippen LogP contribution in [0.3, 0.4) is 0 Å². The SMILES string of the molecule is CNCCC1NCCC1C. The van der Waals surface area contributed by atoms with Gasteiger partial charge in [-0.15, -0.1) is 0 Å². The second kappa shape index (κ2) is 3.94. The van der Waals surface area contributed by atoms with Crippen LogP contribution in [0.1, 0.15) is 19.8 Å². The van der Waals surface area contributed by atoms with E-state index in [9.17, 15) is 0 Å². The van der Waals surface area contributed by atoms with Crippen LogP contribution in [0.5, 0.6) is 0 Å². The molecule has 0 amide bonds. The van der Waals surface area contributed by atoms with Gasteiger partial charge in [0.05, 0.1) is 0 Å². The third-order valence-electron chi connectivity index (χ3n) is 2.40. The van der Waals surface area contributed by atoms with Crippen LogP contribution in [0.15, 0.2) is 0 Å². The molecule has 0 aliphatic carbocycles. The summed E-state index contributed by atoms with van der Waals surface area (Å²) in [6.45, 7) is 4.69. The molecule has 0 radical (unpaired) electrons. The minimum absolute atomic E-state index is 0.771. The molecule has 0 saturated carbocycles. The van der Waals surface area contributed by atoms with Gasteiger partial charge in [0.15, 0.2) is 0 Å². The Bertz CT molecular complexity index is 93.3. The molecule has 1 heterocycles. The van der Waals surface area contributed by atoms with Gasteiger partial charge in [0.25, 0.3) is 0 Å². The topological polar surface area (TPSA) is 24.1 Å². The van der Waals surface area contributed by atoms with Crippen LogP contribution in [0.4, 0.5) is 0 Å². The molecule has 0 bridgehead atoms. The summed E-state index contributed by atoms with van der Waals surface area (Å²) in [5.74, 6) is 0.883. The summed E-state index contributed by atoms with van der Waals surface area (Å²) in [5.41, 5.74) is 0. The lowest BCUT2D eigenvalue weighted by molar-refractivity contribution is 0.447. The minimum Gasteiger partial charge on any atom is -0.320 e. The molecule has 2 unspecified atom stereocenters. The molecule has 0 aromatic carbocycles. The van der Waals surface area contributed by atoms with E-state index in [1.807, 2.05) is 7.05 Å². The third-order valence-corrected chi connectivity index (χ3v) is 2.40. The predicted octanol–water partition coefficient (Wildman–Crippen LogP) is 0.594. The predicted molar refractivity (Wildman–Crippen MR) is 44.1 cm³/mol. The number of hydrogen-bond acceptors (Lipinski definition) is 2. The Hall–Kier alpha value is -0.0800. The van der Waals surface area contributed by atoms with E-state index in [-0.39, 0.29) is 0 Å². The monoisotopic (exact) mass is 142 g/mol. The molecule has 2 atom stereocenters. The summed E-state index contributed by atoms with van der Waals surface area (Å²) in [4.78, 5) is 0. The molecule has 0 spiro atoms. The molecular formula is C8H18N2. The van der Waals surface area contributed by atoms with E-state index in [2.05, 4.69) is 17.6 Å². The fourth-order valence-corrected chi connectivity index (χ4v) is 1.59. The van der Waals surface area contributed by atoms with E-state index in [0.29, 0.717) is 0 Å². The van der Waals surface area contributed by atoms with Gasteiger partial charge in [-0.3, -0.25) is 0 Å². The van der Waals surface area contributed by atoms with Gasteiger partial charge < -0.3 is 10.6 Å². The Kier molecular flexibility index (Phi) is 3.16. The fraction of sp³-hybridized carbons (Fsp3) is 1.00. The molecule has 1 rings (SSSR count). The summed E-state index contributed by atoms with van der Waals surface area (Å²) in [6, 6.07) is 0.771. The number of hydrogen-bond donors (Lipinski definition) is 2. The van der Waals surface area contributed by atoms with Crippen molar-refractivity contribution in [2.75, 3.05) is 20.1 Å². The van der Waals surface area contributed by atoms with Crippen molar-refractivity contribution in [1.82, 2.24) is 10.6 Å². The van der Waals surface area contributed by atoms with Crippen LogP contribution in [-0.4, -0.2) is 26.2 Å². The van der Waals surface area contributed by atoms with Crippen molar-refractivity contribution in [1.29, 1.82) is 0 Å². The van der Waals surface area contributed by atoms with E-state index in [1.54, 1.807) is 0 Å². The van der Waals surface area contributed by atoms with Gasteiger partial charge in [0.2, 0.25) is 0 Å². The van der Waals surface area contributed by atoms with E-state index >= 15 is 0 Å². The van der Waals surface area contributed by atoms with Crippen LogP contribution >= 0.6 is 0 Å². The highest BCUT2D eigenvalue weighted by Crippen LogP contribution is 2.16. The molecule has 1 saturated heterocycles. The lowest BCUT2D eigenvalue weighted by Crippen LogP contribution is -2.29. The summed E-state index contributed by atoms with van der Waals surface area (Å²) in [5, 5.41) is 6.68. The molecule has 0 aromatic rings. The second-order valence-corrected chi connectivity index (χ2v) is 3.22. The normalized spacial score (nSPS) is 33.0. The van der Waals surface area contributed by atoms with Gasteiger partial charge in [-0.25, -0.2) is 0 Å². The zero-order valence-corrected chi connectivity index (χ0v) is 6.98. The fourth-order valence-electron chi connectivity index (χ4n) is 1.59. The standard InChI is InChI=1S/C8H18N2/c1-7-3-6-10-8(7)4-5-9-2/h7-10H,3-6H2,1-2H3. The highest BCUT2D eigenvalue weighted by molar-refractivity contribution is 4.80. The molecule has 2 heteroatoms. The molecule has 1 aliphatic heterocycles. The van der Waals surface area contributed by atoms with Crippen LogP contribution < -0.4 is 10.6 Å². The lowest BCUT2D eigenvalue weighted by Gasteiger charge is -2.14. The van der Waals surface area contributed by atoms with Gasteiger partial charge in [0.1, 0.15) is 0 Å². The Morgan fingerprint density at radius 2 is 2.40 bits per heavy atom. The average Bonchev–Trinajstić information content (AvgIpc) is 2.31. The Labute approximate surface area is 63.4 Å². The maximum absolute atomic E-state index is 3.50. The average molecular weight is 142 g/mol. The van der Waals surface area contributed by atoms with Crippen molar-refractivity contribution in [3.8, 4) is 0 Å². The zero-order valence-electron chi connectivity index (χ0n) is 6.98. The Morgan fingerprint density at radius 1 is 1.60 bits per heavy atom. The molecule has 2 N–H and O–H groups in total. The van der Waals surface area contributed by atoms with Crippen molar-refractivity contribution in [2.45, 2.75) is 25.8 Å². The minimum atomic E-state index is 0.771. The Morgan fingerprint density at radius 3 is 2.90 bits per heavy atom. The molecule has 10 heavy (non-hydrogen) atoms. The molecule has 60 valence electrons.